The fraction of sp³-hybridized carbons (Fsp3) is 0.500. The predicted molar refractivity (Wildman–Crippen MR) is 48.5 cm³/mol. The zero-order valence-electron chi connectivity index (χ0n) is 7.39. The molecule has 1 aliphatic carbocycles. The normalized spacial score (nSPS) is 27.5. The molecule has 1 saturated carbocycles. The lowest BCUT2D eigenvalue weighted by molar-refractivity contribution is 0.147. The summed E-state index contributed by atoms with van der Waals surface area (Å²) in [6.07, 6.45) is 4.17. The number of aromatic nitrogens is 1. The molecule has 1 N–H and O–H groups in total. The van der Waals surface area contributed by atoms with Gasteiger partial charge in [-0.3, -0.25) is 0 Å². The number of hydrogen-bond acceptors (Lipinski definition) is 3. The smallest absolute Gasteiger partial charge is 0.213 e. The van der Waals surface area contributed by atoms with Crippen molar-refractivity contribution in [3.8, 4) is 5.88 Å². The summed E-state index contributed by atoms with van der Waals surface area (Å²) in [7, 11) is 0. The molecule has 1 fully saturated rings. The van der Waals surface area contributed by atoms with Crippen LogP contribution >= 0.6 is 0 Å². The van der Waals surface area contributed by atoms with E-state index in [1.165, 1.54) is 0 Å². The van der Waals surface area contributed by atoms with Crippen LogP contribution in [0.1, 0.15) is 19.3 Å². The fourth-order valence-corrected chi connectivity index (χ4v) is 1.61. The summed E-state index contributed by atoms with van der Waals surface area (Å²) in [6, 6.07) is 5.59. The molecule has 3 heteroatoms. The third-order valence-corrected chi connectivity index (χ3v) is 2.28. The number of ether oxygens (including phenoxy) is 1. The quantitative estimate of drug-likeness (QED) is 0.745. The Balaban J connectivity index is 1.92. The first-order chi connectivity index (χ1) is 6.34. The van der Waals surface area contributed by atoms with Crippen molar-refractivity contribution in [2.45, 2.75) is 31.5 Å². The van der Waals surface area contributed by atoms with Crippen molar-refractivity contribution < 1.29 is 9.84 Å². The van der Waals surface area contributed by atoms with E-state index in [1.807, 2.05) is 18.2 Å². The maximum Gasteiger partial charge on any atom is 0.213 e. The maximum atomic E-state index is 9.28. The summed E-state index contributed by atoms with van der Waals surface area (Å²) in [4.78, 5) is 4.06. The minimum Gasteiger partial charge on any atom is -0.474 e. The second-order valence-corrected chi connectivity index (χ2v) is 3.37. The molecule has 0 saturated heterocycles. The zero-order chi connectivity index (χ0) is 9.10. The molecule has 2 atom stereocenters. The zero-order valence-corrected chi connectivity index (χ0v) is 7.39. The third-order valence-electron chi connectivity index (χ3n) is 2.28. The number of hydrogen-bond donors (Lipinski definition) is 1. The van der Waals surface area contributed by atoms with Crippen molar-refractivity contribution in [1.82, 2.24) is 4.98 Å². The van der Waals surface area contributed by atoms with Gasteiger partial charge in [-0.15, -0.1) is 0 Å². The molecule has 0 radical (unpaired) electrons. The lowest BCUT2D eigenvalue weighted by Gasteiger charge is -2.11. The average molecular weight is 179 g/mol. The predicted octanol–water partition coefficient (Wildman–Crippen LogP) is 1.37. The summed E-state index contributed by atoms with van der Waals surface area (Å²) in [6.45, 7) is 0. The Labute approximate surface area is 77.4 Å². The van der Waals surface area contributed by atoms with Gasteiger partial charge < -0.3 is 9.84 Å². The summed E-state index contributed by atoms with van der Waals surface area (Å²) in [5.74, 6) is 0.654. The van der Waals surface area contributed by atoms with Crippen molar-refractivity contribution >= 4 is 0 Å². The van der Waals surface area contributed by atoms with Crippen molar-refractivity contribution in [2.24, 2.45) is 0 Å². The monoisotopic (exact) mass is 179 g/mol. The van der Waals surface area contributed by atoms with Crippen molar-refractivity contribution in [1.29, 1.82) is 0 Å². The van der Waals surface area contributed by atoms with Gasteiger partial charge in [-0.2, -0.15) is 0 Å². The van der Waals surface area contributed by atoms with E-state index in [-0.39, 0.29) is 12.2 Å². The lowest BCUT2D eigenvalue weighted by atomic mass is 10.3. The highest BCUT2D eigenvalue weighted by molar-refractivity contribution is 5.09. The Morgan fingerprint density at radius 3 is 2.92 bits per heavy atom. The van der Waals surface area contributed by atoms with Crippen LogP contribution in [0.4, 0.5) is 0 Å². The molecule has 1 aromatic rings. The van der Waals surface area contributed by atoms with E-state index < -0.39 is 0 Å². The molecule has 13 heavy (non-hydrogen) atoms. The molecule has 0 bridgehead atoms. The minimum absolute atomic E-state index is 0.143. The van der Waals surface area contributed by atoms with E-state index in [0.29, 0.717) is 5.88 Å². The number of aliphatic hydroxyl groups is 1. The molecule has 0 unspecified atom stereocenters. The van der Waals surface area contributed by atoms with Crippen LogP contribution in [0.25, 0.3) is 0 Å². The van der Waals surface area contributed by atoms with Crippen LogP contribution < -0.4 is 4.74 Å². The molecule has 70 valence electrons. The molecular weight excluding hydrogens is 166 g/mol. The Hall–Kier alpha value is -1.09. The lowest BCUT2D eigenvalue weighted by Crippen LogP contribution is -2.13. The van der Waals surface area contributed by atoms with E-state index in [2.05, 4.69) is 4.98 Å². The first-order valence-corrected chi connectivity index (χ1v) is 4.60. The van der Waals surface area contributed by atoms with Gasteiger partial charge in [0.2, 0.25) is 5.88 Å². The van der Waals surface area contributed by atoms with Crippen LogP contribution in [0.15, 0.2) is 24.4 Å². The summed E-state index contributed by atoms with van der Waals surface area (Å²) < 4.78 is 5.57. The minimum atomic E-state index is -0.186. The second-order valence-electron chi connectivity index (χ2n) is 3.37. The number of aliphatic hydroxyl groups excluding tert-OH is 1. The van der Waals surface area contributed by atoms with Crippen molar-refractivity contribution in [3.63, 3.8) is 0 Å². The van der Waals surface area contributed by atoms with E-state index in [4.69, 9.17) is 4.74 Å². The Morgan fingerprint density at radius 2 is 2.31 bits per heavy atom. The third kappa shape index (κ3) is 2.18. The molecule has 1 aliphatic rings. The van der Waals surface area contributed by atoms with E-state index in [9.17, 15) is 5.11 Å². The average Bonchev–Trinajstić information content (AvgIpc) is 2.53. The van der Waals surface area contributed by atoms with E-state index in [1.54, 1.807) is 6.20 Å². The standard InChI is InChI=1S/C10H13NO2/c12-8-4-5-9(7-8)13-10-3-1-2-6-11-10/h1-3,6,8-9,12H,4-5,7H2/t8-,9+/m0/s1. The van der Waals surface area contributed by atoms with Gasteiger partial charge in [0, 0.05) is 18.7 Å². The first-order valence-electron chi connectivity index (χ1n) is 4.60. The molecule has 0 aliphatic heterocycles. The highest BCUT2D eigenvalue weighted by atomic mass is 16.5. The molecular formula is C10H13NO2. The highest BCUT2D eigenvalue weighted by Crippen LogP contribution is 2.22. The van der Waals surface area contributed by atoms with Gasteiger partial charge in [0.05, 0.1) is 6.10 Å². The number of rotatable bonds is 2. The van der Waals surface area contributed by atoms with Gasteiger partial charge in [0.15, 0.2) is 0 Å². The van der Waals surface area contributed by atoms with Gasteiger partial charge in [-0.05, 0) is 18.9 Å². The second kappa shape index (κ2) is 3.75. The van der Waals surface area contributed by atoms with Gasteiger partial charge >= 0.3 is 0 Å². The van der Waals surface area contributed by atoms with E-state index in [0.717, 1.165) is 19.3 Å². The molecule has 1 aromatic heterocycles. The Bertz CT molecular complexity index is 263. The van der Waals surface area contributed by atoms with Crippen LogP contribution in [-0.2, 0) is 0 Å². The highest BCUT2D eigenvalue weighted by Gasteiger charge is 2.24. The summed E-state index contributed by atoms with van der Waals surface area (Å²) in [5.41, 5.74) is 0. The molecule has 0 spiro atoms. The van der Waals surface area contributed by atoms with Crippen LogP contribution in [0, 0.1) is 0 Å². The first kappa shape index (κ1) is 8.51. The van der Waals surface area contributed by atoms with Gasteiger partial charge in [-0.1, -0.05) is 6.07 Å². The largest absolute Gasteiger partial charge is 0.474 e. The van der Waals surface area contributed by atoms with Crippen molar-refractivity contribution in [2.75, 3.05) is 0 Å². The summed E-state index contributed by atoms with van der Waals surface area (Å²) in [5, 5.41) is 9.28. The number of nitrogens with zero attached hydrogens (tertiary/aromatic N) is 1. The summed E-state index contributed by atoms with van der Waals surface area (Å²) >= 11 is 0. The van der Waals surface area contributed by atoms with Gasteiger partial charge in [-0.25, -0.2) is 4.98 Å². The van der Waals surface area contributed by atoms with Crippen LogP contribution in [0.3, 0.4) is 0 Å². The SMILES string of the molecule is O[C@H]1CC[C@@H](Oc2ccccn2)C1. The van der Waals surface area contributed by atoms with Crippen LogP contribution in [0.5, 0.6) is 5.88 Å². The molecule has 0 amide bonds. The molecule has 1 heterocycles. The van der Waals surface area contributed by atoms with E-state index >= 15 is 0 Å². The van der Waals surface area contributed by atoms with Gasteiger partial charge in [0.1, 0.15) is 6.10 Å². The topological polar surface area (TPSA) is 42.4 Å². The fourth-order valence-electron chi connectivity index (χ4n) is 1.61. The molecule has 3 nitrogen and oxygen atoms in total. The maximum absolute atomic E-state index is 9.28. The van der Waals surface area contributed by atoms with Crippen LogP contribution in [-0.4, -0.2) is 22.3 Å². The molecule has 2 rings (SSSR count). The number of pyridine rings is 1. The van der Waals surface area contributed by atoms with Gasteiger partial charge in [0.25, 0.3) is 0 Å². The van der Waals surface area contributed by atoms with Crippen LogP contribution in [0.2, 0.25) is 0 Å². The Morgan fingerprint density at radius 1 is 1.38 bits per heavy atom. The Kier molecular flexibility index (Phi) is 2.45. The molecule has 0 aromatic carbocycles. The van der Waals surface area contributed by atoms with Crippen molar-refractivity contribution in [3.05, 3.63) is 24.4 Å².